The van der Waals surface area contributed by atoms with Gasteiger partial charge in [-0.25, -0.2) is 4.79 Å². The van der Waals surface area contributed by atoms with E-state index >= 15 is 0 Å². The van der Waals surface area contributed by atoms with Gasteiger partial charge in [0.1, 0.15) is 5.75 Å². The Balaban J connectivity index is 2.12. The summed E-state index contributed by atoms with van der Waals surface area (Å²) in [6.07, 6.45) is 0.893. The third-order valence-electron chi connectivity index (χ3n) is 4.47. The summed E-state index contributed by atoms with van der Waals surface area (Å²) in [7, 11) is 0. The molecule has 122 valence electrons. The molecular weight excluding hydrogens is 278 g/mol. The zero-order valence-electron chi connectivity index (χ0n) is 14.3. The Bertz CT molecular complexity index is 558. The summed E-state index contributed by atoms with van der Waals surface area (Å²) in [5.74, 6) is 0.987. The molecular formula is C18H27NO3. The average Bonchev–Trinajstić information content (AvgIpc) is 2.83. The van der Waals surface area contributed by atoms with E-state index in [1.54, 1.807) is 0 Å². The first kappa shape index (κ1) is 16.7. The van der Waals surface area contributed by atoms with Crippen molar-refractivity contribution in [1.29, 1.82) is 0 Å². The van der Waals surface area contributed by atoms with Gasteiger partial charge in [-0.2, -0.15) is 0 Å². The lowest BCUT2D eigenvalue weighted by molar-refractivity contribution is 0.0955. The molecule has 0 aromatic heterocycles. The van der Waals surface area contributed by atoms with Gasteiger partial charge < -0.3 is 14.7 Å². The lowest BCUT2D eigenvalue weighted by Gasteiger charge is -2.36. The van der Waals surface area contributed by atoms with Crippen LogP contribution in [0.5, 0.6) is 5.75 Å². The molecule has 1 aromatic carbocycles. The Morgan fingerprint density at radius 2 is 1.95 bits per heavy atom. The van der Waals surface area contributed by atoms with Gasteiger partial charge in [0.25, 0.3) is 0 Å². The Kier molecular flexibility index (Phi) is 4.41. The van der Waals surface area contributed by atoms with Crippen molar-refractivity contribution in [2.24, 2.45) is 0 Å². The predicted molar refractivity (Wildman–Crippen MR) is 87.8 cm³/mol. The van der Waals surface area contributed by atoms with Gasteiger partial charge in [0.15, 0.2) is 0 Å². The van der Waals surface area contributed by atoms with Crippen molar-refractivity contribution < 1.29 is 14.6 Å². The predicted octanol–water partition coefficient (Wildman–Crippen LogP) is 4.07. The SMILES string of the molecule is CC(C)(CCN(C(=O)O)C(C)(C)C)c1ccc2c(c1)CCO2. The van der Waals surface area contributed by atoms with Crippen LogP contribution in [0.1, 0.15) is 52.2 Å². The first-order valence-corrected chi connectivity index (χ1v) is 7.88. The molecule has 4 heteroatoms. The third-order valence-corrected chi connectivity index (χ3v) is 4.47. The number of hydrogen-bond acceptors (Lipinski definition) is 2. The molecule has 0 spiro atoms. The van der Waals surface area contributed by atoms with Crippen molar-refractivity contribution in [3.63, 3.8) is 0 Å². The number of fused-ring (bicyclic) bond motifs is 1. The molecule has 0 atom stereocenters. The molecule has 0 saturated heterocycles. The molecule has 1 aliphatic heterocycles. The van der Waals surface area contributed by atoms with E-state index in [4.69, 9.17) is 4.74 Å². The summed E-state index contributed by atoms with van der Waals surface area (Å²) in [6.45, 7) is 11.4. The number of carboxylic acid groups (broad SMARTS) is 1. The summed E-state index contributed by atoms with van der Waals surface area (Å²) in [5.41, 5.74) is 2.05. The zero-order valence-corrected chi connectivity index (χ0v) is 14.3. The third kappa shape index (κ3) is 3.54. The average molecular weight is 305 g/mol. The highest BCUT2D eigenvalue weighted by molar-refractivity contribution is 5.66. The van der Waals surface area contributed by atoms with E-state index in [-0.39, 0.29) is 11.0 Å². The number of nitrogens with zero attached hydrogens (tertiary/aromatic N) is 1. The number of amides is 1. The molecule has 1 N–H and O–H groups in total. The first-order chi connectivity index (χ1) is 10.1. The van der Waals surface area contributed by atoms with Crippen LogP contribution in [0.2, 0.25) is 0 Å². The maximum absolute atomic E-state index is 11.5. The summed E-state index contributed by atoms with van der Waals surface area (Å²) in [6, 6.07) is 6.36. The molecule has 2 rings (SSSR count). The van der Waals surface area contributed by atoms with E-state index in [1.165, 1.54) is 16.0 Å². The van der Waals surface area contributed by atoms with Gasteiger partial charge in [0, 0.05) is 18.5 Å². The van der Waals surface area contributed by atoms with Crippen LogP contribution >= 0.6 is 0 Å². The van der Waals surface area contributed by atoms with Crippen LogP contribution < -0.4 is 4.74 Å². The van der Waals surface area contributed by atoms with Crippen molar-refractivity contribution in [3.8, 4) is 5.75 Å². The number of ether oxygens (including phenoxy) is 1. The molecule has 1 amide bonds. The fraction of sp³-hybridized carbons (Fsp3) is 0.611. The number of carbonyl (C=O) groups is 1. The molecule has 1 heterocycles. The second-order valence-corrected chi connectivity index (χ2v) is 7.66. The number of benzene rings is 1. The van der Waals surface area contributed by atoms with Gasteiger partial charge in [0.05, 0.1) is 6.61 Å². The normalized spacial score (nSPS) is 14.4. The van der Waals surface area contributed by atoms with Crippen LogP contribution in [-0.2, 0) is 11.8 Å². The summed E-state index contributed by atoms with van der Waals surface area (Å²) in [4.78, 5) is 13.0. The van der Waals surface area contributed by atoms with Gasteiger partial charge in [-0.05, 0) is 49.8 Å². The van der Waals surface area contributed by atoms with Crippen LogP contribution in [0.3, 0.4) is 0 Å². The minimum atomic E-state index is -0.856. The molecule has 0 aliphatic carbocycles. The maximum atomic E-state index is 11.5. The lowest BCUT2D eigenvalue weighted by Crippen LogP contribution is -2.46. The highest BCUT2D eigenvalue weighted by Gasteiger charge is 2.30. The molecule has 0 saturated carbocycles. The largest absolute Gasteiger partial charge is 0.493 e. The van der Waals surface area contributed by atoms with Crippen molar-refractivity contribution in [2.75, 3.05) is 13.2 Å². The Labute approximate surface area is 133 Å². The Morgan fingerprint density at radius 1 is 1.27 bits per heavy atom. The number of rotatable bonds is 4. The van der Waals surface area contributed by atoms with E-state index in [1.807, 2.05) is 26.8 Å². The molecule has 1 aromatic rings. The van der Waals surface area contributed by atoms with Crippen molar-refractivity contribution >= 4 is 6.09 Å². The lowest BCUT2D eigenvalue weighted by atomic mass is 9.80. The minimum Gasteiger partial charge on any atom is -0.493 e. The molecule has 0 fully saturated rings. The minimum absolute atomic E-state index is 0.0728. The monoisotopic (exact) mass is 305 g/mol. The van der Waals surface area contributed by atoms with Crippen LogP contribution in [0.25, 0.3) is 0 Å². The maximum Gasteiger partial charge on any atom is 0.407 e. The molecule has 0 bridgehead atoms. The van der Waals surface area contributed by atoms with Crippen LogP contribution in [0, 0.1) is 0 Å². The first-order valence-electron chi connectivity index (χ1n) is 7.88. The second kappa shape index (κ2) is 5.82. The van der Waals surface area contributed by atoms with Crippen LogP contribution in [0.4, 0.5) is 4.79 Å². The van der Waals surface area contributed by atoms with Gasteiger partial charge >= 0.3 is 6.09 Å². The van der Waals surface area contributed by atoms with E-state index < -0.39 is 6.09 Å². The summed E-state index contributed by atoms with van der Waals surface area (Å²) in [5, 5.41) is 9.41. The van der Waals surface area contributed by atoms with Crippen LogP contribution in [0.15, 0.2) is 18.2 Å². The van der Waals surface area contributed by atoms with E-state index in [9.17, 15) is 9.90 Å². The highest BCUT2D eigenvalue weighted by atomic mass is 16.5. The molecule has 0 unspecified atom stereocenters. The summed E-state index contributed by atoms with van der Waals surface area (Å²) < 4.78 is 5.55. The summed E-state index contributed by atoms with van der Waals surface area (Å²) >= 11 is 0. The zero-order chi connectivity index (χ0) is 16.5. The standard InChI is InChI=1S/C18H27NO3/c1-17(2,3)19(16(20)21)10-9-18(4,5)14-6-7-15-13(12-14)8-11-22-15/h6-7,12H,8-11H2,1-5H3,(H,20,21). The number of hydrogen-bond donors (Lipinski definition) is 1. The fourth-order valence-corrected chi connectivity index (χ4v) is 2.86. The van der Waals surface area contributed by atoms with E-state index in [0.29, 0.717) is 6.54 Å². The highest BCUT2D eigenvalue weighted by Crippen LogP contribution is 2.34. The molecule has 1 aliphatic rings. The van der Waals surface area contributed by atoms with Crippen LogP contribution in [-0.4, -0.2) is 34.8 Å². The smallest absolute Gasteiger partial charge is 0.407 e. The molecule has 0 radical (unpaired) electrons. The quantitative estimate of drug-likeness (QED) is 0.912. The van der Waals surface area contributed by atoms with E-state index in [2.05, 4.69) is 26.0 Å². The van der Waals surface area contributed by atoms with Gasteiger partial charge in [0.2, 0.25) is 0 Å². The van der Waals surface area contributed by atoms with Gasteiger partial charge in [-0.3, -0.25) is 0 Å². The van der Waals surface area contributed by atoms with Crippen molar-refractivity contribution in [2.45, 2.75) is 58.4 Å². The fourth-order valence-electron chi connectivity index (χ4n) is 2.86. The van der Waals surface area contributed by atoms with Gasteiger partial charge in [-0.1, -0.05) is 26.0 Å². The molecule has 22 heavy (non-hydrogen) atoms. The molecule has 4 nitrogen and oxygen atoms in total. The topological polar surface area (TPSA) is 49.8 Å². The van der Waals surface area contributed by atoms with E-state index in [0.717, 1.165) is 25.2 Å². The van der Waals surface area contributed by atoms with Gasteiger partial charge in [-0.15, -0.1) is 0 Å². The van der Waals surface area contributed by atoms with Crippen molar-refractivity contribution in [3.05, 3.63) is 29.3 Å². The van der Waals surface area contributed by atoms with Crippen molar-refractivity contribution in [1.82, 2.24) is 4.90 Å². The Hall–Kier alpha value is -1.71. The second-order valence-electron chi connectivity index (χ2n) is 7.66. The Morgan fingerprint density at radius 3 is 2.55 bits per heavy atom.